The molecule has 1 aliphatic rings. The maximum atomic E-state index is 12.7. The predicted octanol–water partition coefficient (Wildman–Crippen LogP) is 5.93. The number of pyridine rings is 1. The number of nitrogens with one attached hydrogen (secondary N) is 2. The van der Waals surface area contributed by atoms with Crippen LogP contribution in [0.15, 0.2) is 54.4 Å². The number of aromatic amines is 1. The molecule has 0 unspecified atom stereocenters. The van der Waals surface area contributed by atoms with Crippen molar-refractivity contribution < 1.29 is 22.7 Å². The van der Waals surface area contributed by atoms with E-state index < -0.39 is 11.7 Å². The van der Waals surface area contributed by atoms with Gasteiger partial charge in [0, 0.05) is 24.0 Å². The van der Waals surface area contributed by atoms with Gasteiger partial charge in [0.15, 0.2) is 0 Å². The summed E-state index contributed by atoms with van der Waals surface area (Å²) in [4.78, 5) is 16.3. The van der Waals surface area contributed by atoms with E-state index in [2.05, 4.69) is 26.6 Å². The highest BCUT2D eigenvalue weighted by Crippen LogP contribution is 2.31. The third kappa shape index (κ3) is 5.84. The molecule has 1 aliphatic carbocycles. The Morgan fingerprint density at radius 3 is 2.68 bits per heavy atom. The molecule has 0 atom stereocenters. The minimum Gasteiger partial charge on any atom is -0.439 e. The molecule has 0 aliphatic heterocycles. The Balaban J connectivity index is 1.33. The second-order valence-electron chi connectivity index (χ2n) is 8.22. The molecule has 1 fully saturated rings. The number of rotatable bonds is 6. The topological polar surface area (TPSA) is 79.9 Å². The van der Waals surface area contributed by atoms with Gasteiger partial charge in [-0.15, -0.1) is 0 Å². The molecule has 6 nitrogen and oxygen atoms in total. The monoisotopic (exact) mass is 470 g/mol. The first-order valence-electron chi connectivity index (χ1n) is 11.2. The molecule has 1 amide bonds. The first kappa shape index (κ1) is 23.5. The van der Waals surface area contributed by atoms with Crippen LogP contribution >= 0.6 is 0 Å². The van der Waals surface area contributed by atoms with Crippen LogP contribution in [-0.2, 0) is 12.6 Å². The number of aryl methyl sites for hydroxylation is 1. The number of benzene rings is 1. The number of allylic oxidation sites excluding steroid dienone is 1. The largest absolute Gasteiger partial charge is 0.439 e. The number of carbonyl (C=O) groups excluding carboxylic acids is 1. The molecule has 1 saturated carbocycles. The summed E-state index contributed by atoms with van der Waals surface area (Å²) in [6, 6.07) is 9.59. The van der Waals surface area contributed by atoms with E-state index in [1.807, 2.05) is 25.1 Å². The number of aromatic nitrogens is 3. The highest BCUT2D eigenvalue weighted by atomic mass is 19.4. The van der Waals surface area contributed by atoms with E-state index in [4.69, 9.17) is 4.74 Å². The number of hydrogen-bond acceptors (Lipinski definition) is 4. The first-order chi connectivity index (χ1) is 16.3. The Morgan fingerprint density at radius 2 is 2.00 bits per heavy atom. The van der Waals surface area contributed by atoms with Crippen LogP contribution in [0.5, 0.6) is 11.6 Å². The summed E-state index contributed by atoms with van der Waals surface area (Å²) in [5, 5.41) is 9.92. The molecule has 34 heavy (non-hydrogen) atoms. The van der Waals surface area contributed by atoms with Gasteiger partial charge in [0.05, 0.1) is 17.3 Å². The smallest absolute Gasteiger partial charge is 0.417 e. The lowest BCUT2D eigenvalue weighted by molar-refractivity contribution is -0.137. The second-order valence-corrected chi connectivity index (χ2v) is 8.22. The van der Waals surface area contributed by atoms with Crippen LogP contribution in [0.25, 0.3) is 6.08 Å². The van der Waals surface area contributed by atoms with Crippen molar-refractivity contribution in [2.45, 2.75) is 51.2 Å². The number of H-pyrrole nitrogens is 1. The molecule has 0 bridgehead atoms. The minimum absolute atomic E-state index is 0.0928. The molecule has 1 aromatic carbocycles. The molecule has 0 spiro atoms. The third-order valence-electron chi connectivity index (χ3n) is 5.79. The zero-order valence-corrected chi connectivity index (χ0v) is 18.7. The van der Waals surface area contributed by atoms with Crippen LogP contribution in [0.1, 0.15) is 59.8 Å². The number of alkyl halides is 3. The standard InChI is InChI=1S/C25H25F3N4O2/c1-2-22-21(15-30-32-22)24(33)31-19-9-6-16(7-10-19)12-17-4-3-5-20(13-17)34-23-11-8-18(14-29-23)25(26,27)28/h3-5,8,11-15,19H,2,6-7,9-10H2,1H3,(H,30,32)(H,31,33). The summed E-state index contributed by atoms with van der Waals surface area (Å²) in [6.45, 7) is 1.97. The van der Waals surface area contributed by atoms with Gasteiger partial charge >= 0.3 is 6.18 Å². The molecule has 2 heterocycles. The quantitative estimate of drug-likeness (QED) is 0.468. The Kier molecular flexibility index (Phi) is 7.00. The number of carbonyl (C=O) groups is 1. The van der Waals surface area contributed by atoms with Crippen molar-refractivity contribution in [3.8, 4) is 11.6 Å². The first-order valence-corrected chi connectivity index (χ1v) is 11.2. The Bertz CT molecular complexity index is 1160. The highest BCUT2D eigenvalue weighted by molar-refractivity contribution is 5.95. The van der Waals surface area contributed by atoms with Crippen molar-refractivity contribution in [3.63, 3.8) is 0 Å². The van der Waals surface area contributed by atoms with E-state index in [1.54, 1.807) is 12.3 Å². The van der Waals surface area contributed by atoms with Crippen LogP contribution in [0, 0.1) is 0 Å². The number of halogens is 3. The van der Waals surface area contributed by atoms with Crippen molar-refractivity contribution in [2.24, 2.45) is 0 Å². The maximum absolute atomic E-state index is 12.7. The number of amides is 1. The van der Waals surface area contributed by atoms with Gasteiger partial charge in [0.2, 0.25) is 5.88 Å². The molecular weight excluding hydrogens is 445 g/mol. The fourth-order valence-corrected chi connectivity index (χ4v) is 3.95. The van der Waals surface area contributed by atoms with E-state index in [0.717, 1.165) is 55.6 Å². The summed E-state index contributed by atoms with van der Waals surface area (Å²) < 4.78 is 43.7. The minimum atomic E-state index is -4.43. The fourth-order valence-electron chi connectivity index (χ4n) is 3.95. The fraction of sp³-hybridized carbons (Fsp3) is 0.320. The molecule has 9 heteroatoms. The van der Waals surface area contributed by atoms with Gasteiger partial charge in [-0.3, -0.25) is 9.89 Å². The van der Waals surface area contributed by atoms with Gasteiger partial charge in [0.1, 0.15) is 5.75 Å². The van der Waals surface area contributed by atoms with Crippen LogP contribution in [0.2, 0.25) is 0 Å². The number of nitrogens with zero attached hydrogens (tertiary/aromatic N) is 2. The highest BCUT2D eigenvalue weighted by Gasteiger charge is 2.30. The van der Waals surface area contributed by atoms with Crippen LogP contribution in [0.4, 0.5) is 13.2 Å². The lowest BCUT2D eigenvalue weighted by Crippen LogP contribution is -2.36. The van der Waals surface area contributed by atoms with Crippen molar-refractivity contribution in [3.05, 3.63) is 76.7 Å². The zero-order valence-electron chi connectivity index (χ0n) is 18.7. The van der Waals surface area contributed by atoms with Gasteiger partial charge in [0.25, 0.3) is 5.91 Å². The Morgan fingerprint density at radius 1 is 1.21 bits per heavy atom. The average Bonchev–Trinajstić information content (AvgIpc) is 3.30. The van der Waals surface area contributed by atoms with E-state index in [1.165, 1.54) is 11.6 Å². The normalized spacial score (nSPS) is 16.2. The predicted molar refractivity (Wildman–Crippen MR) is 121 cm³/mol. The lowest BCUT2D eigenvalue weighted by atomic mass is 9.89. The summed E-state index contributed by atoms with van der Waals surface area (Å²) in [6.07, 6.45) is 4.13. The second kappa shape index (κ2) is 10.1. The molecule has 2 aromatic heterocycles. The molecule has 4 rings (SSSR count). The lowest BCUT2D eigenvalue weighted by Gasteiger charge is -2.25. The third-order valence-corrected chi connectivity index (χ3v) is 5.79. The molecule has 3 aromatic rings. The molecule has 0 saturated heterocycles. The number of hydrogen-bond donors (Lipinski definition) is 2. The molecular formula is C25H25F3N4O2. The van der Waals surface area contributed by atoms with Gasteiger partial charge in [-0.2, -0.15) is 18.3 Å². The van der Waals surface area contributed by atoms with Crippen molar-refractivity contribution >= 4 is 12.0 Å². The Labute approximate surface area is 195 Å². The summed E-state index contributed by atoms with van der Waals surface area (Å²) in [7, 11) is 0. The van der Waals surface area contributed by atoms with Gasteiger partial charge in [-0.25, -0.2) is 4.98 Å². The van der Waals surface area contributed by atoms with E-state index >= 15 is 0 Å². The summed E-state index contributed by atoms with van der Waals surface area (Å²) in [5.74, 6) is 0.497. The van der Waals surface area contributed by atoms with Crippen molar-refractivity contribution in [2.75, 3.05) is 0 Å². The van der Waals surface area contributed by atoms with E-state index in [-0.39, 0.29) is 17.8 Å². The van der Waals surface area contributed by atoms with Crippen LogP contribution in [-0.4, -0.2) is 27.1 Å². The Hall–Kier alpha value is -3.62. The van der Waals surface area contributed by atoms with Crippen LogP contribution < -0.4 is 10.1 Å². The zero-order chi connectivity index (χ0) is 24.1. The summed E-state index contributed by atoms with van der Waals surface area (Å²) >= 11 is 0. The van der Waals surface area contributed by atoms with E-state index in [9.17, 15) is 18.0 Å². The summed E-state index contributed by atoms with van der Waals surface area (Å²) in [5.41, 5.74) is 2.83. The van der Waals surface area contributed by atoms with Crippen LogP contribution in [0.3, 0.4) is 0 Å². The molecule has 0 radical (unpaired) electrons. The SMILES string of the molecule is CCc1[nH]ncc1C(=O)NC1CCC(=Cc2cccc(Oc3ccc(C(F)(F)F)cn3)c2)CC1. The molecule has 178 valence electrons. The maximum Gasteiger partial charge on any atom is 0.417 e. The van der Waals surface area contributed by atoms with Gasteiger partial charge < -0.3 is 10.1 Å². The van der Waals surface area contributed by atoms with Gasteiger partial charge in [-0.05, 0) is 55.9 Å². The van der Waals surface area contributed by atoms with Crippen molar-refractivity contribution in [1.82, 2.24) is 20.5 Å². The number of ether oxygens (including phenoxy) is 1. The average molecular weight is 470 g/mol. The van der Waals surface area contributed by atoms with Gasteiger partial charge in [-0.1, -0.05) is 30.7 Å². The van der Waals surface area contributed by atoms with E-state index in [0.29, 0.717) is 11.3 Å². The van der Waals surface area contributed by atoms with Crippen molar-refractivity contribution in [1.29, 1.82) is 0 Å². The molecule has 2 N–H and O–H groups in total.